The van der Waals surface area contributed by atoms with E-state index in [-0.39, 0.29) is 5.82 Å². The van der Waals surface area contributed by atoms with Crippen LogP contribution in [0, 0.1) is 17.7 Å². The molecule has 1 rings (SSSR count). The summed E-state index contributed by atoms with van der Waals surface area (Å²) in [5.41, 5.74) is 1.10. The van der Waals surface area contributed by atoms with E-state index in [4.69, 9.17) is 0 Å². The molecule has 90 valence electrons. The molecule has 0 amide bonds. The molecule has 1 aromatic carbocycles. The normalized spacial score (nSPS) is 14.8. The zero-order chi connectivity index (χ0) is 12.0. The molecule has 0 saturated carbocycles. The maximum absolute atomic E-state index is 13.1. The summed E-state index contributed by atoms with van der Waals surface area (Å²) >= 11 is 3.57. The molecule has 0 fully saturated rings. The minimum Gasteiger partial charge on any atom is -0.207 e. The van der Waals surface area contributed by atoms with Crippen molar-refractivity contribution >= 4 is 15.9 Å². The lowest BCUT2D eigenvalue weighted by Gasteiger charge is -2.21. The lowest BCUT2D eigenvalue weighted by Crippen LogP contribution is -2.16. The molecule has 16 heavy (non-hydrogen) atoms. The van der Waals surface area contributed by atoms with Gasteiger partial charge in [-0.25, -0.2) is 4.39 Å². The Hall–Kier alpha value is -0.370. The highest BCUT2D eigenvalue weighted by molar-refractivity contribution is 9.09. The molecule has 0 bridgehead atoms. The first-order valence-corrected chi connectivity index (χ1v) is 7.10. The molecule has 0 aliphatic rings. The molecule has 0 aromatic heterocycles. The van der Waals surface area contributed by atoms with Crippen LogP contribution >= 0.6 is 15.9 Å². The molecular formula is C14H20BrF. The molecule has 0 N–H and O–H groups in total. The van der Waals surface area contributed by atoms with Gasteiger partial charge < -0.3 is 0 Å². The molecule has 0 heterocycles. The molecule has 1 aromatic rings. The van der Waals surface area contributed by atoms with E-state index in [2.05, 4.69) is 29.8 Å². The second-order valence-electron chi connectivity index (χ2n) is 4.51. The van der Waals surface area contributed by atoms with Crippen LogP contribution in [0.1, 0.15) is 32.3 Å². The Morgan fingerprint density at radius 2 is 2.12 bits per heavy atom. The smallest absolute Gasteiger partial charge is 0.123 e. The van der Waals surface area contributed by atoms with Crippen molar-refractivity contribution in [1.82, 2.24) is 0 Å². The topological polar surface area (TPSA) is 0 Å². The minimum atomic E-state index is -0.131. The van der Waals surface area contributed by atoms with E-state index in [1.165, 1.54) is 18.9 Å². The van der Waals surface area contributed by atoms with Crippen LogP contribution in [0.4, 0.5) is 4.39 Å². The van der Waals surface area contributed by atoms with Crippen LogP contribution in [0.15, 0.2) is 24.3 Å². The highest BCUT2D eigenvalue weighted by atomic mass is 79.9. The van der Waals surface area contributed by atoms with E-state index in [0.29, 0.717) is 11.8 Å². The molecule has 2 atom stereocenters. The molecule has 2 unspecified atom stereocenters. The highest BCUT2D eigenvalue weighted by Crippen LogP contribution is 2.23. The minimum absolute atomic E-state index is 0.131. The van der Waals surface area contributed by atoms with Crippen LogP contribution < -0.4 is 0 Å². The average Bonchev–Trinajstić information content (AvgIpc) is 2.26. The van der Waals surface area contributed by atoms with Crippen molar-refractivity contribution in [3.05, 3.63) is 35.6 Å². The number of halogens is 2. The fourth-order valence-corrected chi connectivity index (χ4v) is 2.93. The predicted molar refractivity (Wildman–Crippen MR) is 71.5 cm³/mol. The Morgan fingerprint density at radius 1 is 1.38 bits per heavy atom. The molecular weight excluding hydrogens is 267 g/mol. The Morgan fingerprint density at radius 3 is 2.69 bits per heavy atom. The van der Waals surface area contributed by atoms with Crippen molar-refractivity contribution in [3.8, 4) is 0 Å². The van der Waals surface area contributed by atoms with E-state index in [0.717, 1.165) is 17.3 Å². The number of rotatable bonds is 6. The predicted octanol–water partition coefficient (Wildman–Crippen LogP) is 4.82. The van der Waals surface area contributed by atoms with Crippen molar-refractivity contribution in [2.24, 2.45) is 11.8 Å². The van der Waals surface area contributed by atoms with Crippen molar-refractivity contribution in [2.45, 2.75) is 33.1 Å². The van der Waals surface area contributed by atoms with Gasteiger partial charge in [-0.3, -0.25) is 0 Å². The first-order chi connectivity index (χ1) is 7.67. The summed E-state index contributed by atoms with van der Waals surface area (Å²) in [6, 6.07) is 6.95. The average molecular weight is 287 g/mol. The van der Waals surface area contributed by atoms with Crippen molar-refractivity contribution < 1.29 is 4.39 Å². The van der Waals surface area contributed by atoms with Gasteiger partial charge in [0.15, 0.2) is 0 Å². The molecule has 2 heteroatoms. The largest absolute Gasteiger partial charge is 0.207 e. The van der Waals surface area contributed by atoms with Gasteiger partial charge in [-0.15, -0.1) is 0 Å². The number of benzene rings is 1. The zero-order valence-corrected chi connectivity index (χ0v) is 11.6. The molecule has 0 aliphatic heterocycles. The fraction of sp³-hybridized carbons (Fsp3) is 0.571. The maximum Gasteiger partial charge on any atom is 0.123 e. The van der Waals surface area contributed by atoms with Crippen molar-refractivity contribution in [1.29, 1.82) is 0 Å². The Balaban J connectivity index is 2.62. The third kappa shape index (κ3) is 4.25. The molecule has 0 nitrogen and oxygen atoms in total. The first kappa shape index (κ1) is 13.7. The number of hydrogen-bond donors (Lipinski definition) is 0. The Bertz CT molecular complexity index is 311. The Labute approximate surface area is 106 Å². The number of alkyl halides is 1. The second-order valence-corrected chi connectivity index (χ2v) is 5.16. The standard InChI is InChI=1S/C14H20BrF/c1-3-5-11(2)13(10-15)8-12-6-4-7-14(16)9-12/h4,6-7,9,11,13H,3,5,8,10H2,1-2H3. The fourth-order valence-electron chi connectivity index (χ4n) is 2.07. The SMILES string of the molecule is CCCC(C)C(CBr)Cc1cccc(F)c1. The molecule has 0 aliphatic carbocycles. The van der Waals surface area contributed by atoms with Gasteiger partial charge in [-0.2, -0.15) is 0 Å². The molecule has 0 spiro atoms. The van der Waals surface area contributed by atoms with Gasteiger partial charge in [-0.1, -0.05) is 54.8 Å². The van der Waals surface area contributed by atoms with Crippen LogP contribution in [-0.2, 0) is 6.42 Å². The van der Waals surface area contributed by atoms with E-state index < -0.39 is 0 Å². The summed E-state index contributed by atoms with van der Waals surface area (Å²) in [4.78, 5) is 0. The van der Waals surface area contributed by atoms with Gasteiger partial charge in [0.2, 0.25) is 0 Å². The van der Waals surface area contributed by atoms with Gasteiger partial charge in [0.05, 0.1) is 0 Å². The van der Waals surface area contributed by atoms with Crippen LogP contribution in [0.2, 0.25) is 0 Å². The van der Waals surface area contributed by atoms with Crippen LogP contribution in [-0.4, -0.2) is 5.33 Å². The van der Waals surface area contributed by atoms with E-state index in [1.54, 1.807) is 12.1 Å². The monoisotopic (exact) mass is 286 g/mol. The lowest BCUT2D eigenvalue weighted by molar-refractivity contribution is 0.367. The second kappa shape index (κ2) is 7.05. The van der Waals surface area contributed by atoms with Gasteiger partial charge in [0.1, 0.15) is 5.82 Å². The summed E-state index contributed by atoms with van der Waals surface area (Å²) in [5.74, 6) is 1.16. The summed E-state index contributed by atoms with van der Waals surface area (Å²) in [7, 11) is 0. The van der Waals surface area contributed by atoms with Crippen LogP contribution in [0.5, 0.6) is 0 Å². The van der Waals surface area contributed by atoms with Crippen LogP contribution in [0.25, 0.3) is 0 Å². The van der Waals surface area contributed by atoms with Gasteiger partial charge in [-0.05, 0) is 36.0 Å². The van der Waals surface area contributed by atoms with Gasteiger partial charge in [0.25, 0.3) is 0 Å². The summed E-state index contributed by atoms with van der Waals surface area (Å²) < 4.78 is 13.1. The maximum atomic E-state index is 13.1. The Kier molecular flexibility index (Phi) is 6.04. The first-order valence-electron chi connectivity index (χ1n) is 5.97. The van der Waals surface area contributed by atoms with Crippen molar-refractivity contribution in [2.75, 3.05) is 5.33 Å². The third-order valence-corrected chi connectivity index (χ3v) is 3.97. The number of hydrogen-bond acceptors (Lipinski definition) is 0. The molecule has 0 radical (unpaired) electrons. The summed E-state index contributed by atoms with van der Waals surface area (Å²) in [6.45, 7) is 4.50. The quantitative estimate of drug-likeness (QED) is 0.658. The van der Waals surface area contributed by atoms with Gasteiger partial charge in [0, 0.05) is 5.33 Å². The summed E-state index contributed by atoms with van der Waals surface area (Å²) in [6.07, 6.45) is 3.42. The van der Waals surface area contributed by atoms with Crippen molar-refractivity contribution in [3.63, 3.8) is 0 Å². The molecule has 0 saturated heterocycles. The van der Waals surface area contributed by atoms with E-state index in [1.807, 2.05) is 6.07 Å². The highest BCUT2D eigenvalue weighted by Gasteiger charge is 2.16. The van der Waals surface area contributed by atoms with E-state index in [9.17, 15) is 4.39 Å². The van der Waals surface area contributed by atoms with E-state index >= 15 is 0 Å². The van der Waals surface area contributed by atoms with Crippen LogP contribution in [0.3, 0.4) is 0 Å². The lowest BCUT2D eigenvalue weighted by atomic mass is 9.87. The zero-order valence-electron chi connectivity index (χ0n) is 10.0. The van der Waals surface area contributed by atoms with Gasteiger partial charge >= 0.3 is 0 Å². The summed E-state index contributed by atoms with van der Waals surface area (Å²) in [5, 5.41) is 0.991. The third-order valence-electron chi connectivity index (χ3n) is 3.13.